The topological polar surface area (TPSA) is 82.6 Å². The van der Waals surface area contributed by atoms with Crippen LogP contribution >= 0.6 is 21.6 Å². The summed E-state index contributed by atoms with van der Waals surface area (Å²) in [7, 11) is 1.74. The molecule has 7 heavy (non-hydrogen) atoms. The molecule has 0 unspecified atom stereocenters. The van der Waals surface area contributed by atoms with Crippen molar-refractivity contribution < 1.29 is 0 Å². The summed E-state index contributed by atoms with van der Waals surface area (Å²) in [5.74, 6) is 0. The molecule has 0 aliphatic heterocycles. The maximum Gasteiger partial charge on any atom is 0.145 e. The summed E-state index contributed by atoms with van der Waals surface area (Å²) >= 11 is 0. The van der Waals surface area contributed by atoms with Crippen molar-refractivity contribution in [3.05, 3.63) is 0 Å². The fourth-order valence-electron chi connectivity index (χ4n) is 0.0373. The third-order valence-corrected chi connectivity index (χ3v) is 1.05. The van der Waals surface area contributed by atoms with Crippen LogP contribution in [-0.2, 0) is 0 Å². The van der Waals surface area contributed by atoms with Crippen molar-refractivity contribution in [2.75, 3.05) is 0 Å². The summed E-state index contributed by atoms with van der Waals surface area (Å²) in [6, 6.07) is 0. The van der Waals surface area contributed by atoms with E-state index in [1.165, 1.54) is 0 Å². The Hall–Kier alpha value is -0.360. The Kier molecular flexibility index (Phi) is 12.8. The molecule has 0 fully saturated rings. The maximum absolute atomic E-state index is 7.74. The molecule has 0 bridgehead atoms. The predicted molar refractivity (Wildman–Crippen MR) is 31.4 cm³/mol. The molecule has 0 aromatic rings. The van der Waals surface area contributed by atoms with Crippen LogP contribution in [0.2, 0.25) is 0 Å². The number of thiocyanates is 2. The standard InChI is InChI=1S/C2N2S2.H3N/c3-1-5-6-2-4;/h;1H3. The Balaban J connectivity index is 0. The first-order valence-corrected chi connectivity index (χ1v) is 3.17. The first-order valence-electron chi connectivity index (χ1n) is 1.02. The summed E-state index contributed by atoms with van der Waals surface area (Å²) in [4.78, 5) is 0. The molecule has 0 atom stereocenters. The third-order valence-electron chi connectivity index (χ3n) is 0.116. The van der Waals surface area contributed by atoms with Crippen LogP contribution in [0.15, 0.2) is 0 Å². The highest BCUT2D eigenvalue weighted by atomic mass is 33.1. The second-order valence-corrected chi connectivity index (χ2v) is 2.05. The molecular weight excluding hydrogens is 130 g/mol. The largest absolute Gasteiger partial charge is 0.344 e. The Morgan fingerprint density at radius 2 is 1.29 bits per heavy atom. The van der Waals surface area contributed by atoms with E-state index < -0.39 is 0 Å². The average Bonchev–Trinajstić information content (AvgIpc) is 1.61. The van der Waals surface area contributed by atoms with Gasteiger partial charge in [-0.15, -0.1) is 0 Å². The van der Waals surface area contributed by atoms with Gasteiger partial charge in [0.15, 0.2) is 0 Å². The van der Waals surface area contributed by atoms with Gasteiger partial charge in [0, 0.05) is 21.6 Å². The van der Waals surface area contributed by atoms with Gasteiger partial charge in [0.25, 0.3) is 0 Å². The second kappa shape index (κ2) is 9.16. The molecule has 0 saturated carbocycles. The van der Waals surface area contributed by atoms with Crippen molar-refractivity contribution in [2.24, 2.45) is 0 Å². The van der Waals surface area contributed by atoms with Crippen molar-refractivity contribution in [1.29, 1.82) is 10.5 Å². The summed E-state index contributed by atoms with van der Waals surface area (Å²) in [6.07, 6.45) is 0. The number of nitriles is 2. The summed E-state index contributed by atoms with van der Waals surface area (Å²) in [5, 5.41) is 18.9. The van der Waals surface area contributed by atoms with Gasteiger partial charge in [0.1, 0.15) is 10.8 Å². The molecular formula is C2H3N3S2. The monoisotopic (exact) mass is 133 g/mol. The van der Waals surface area contributed by atoms with E-state index in [0.717, 1.165) is 21.6 Å². The summed E-state index contributed by atoms with van der Waals surface area (Å²) in [6.45, 7) is 0. The van der Waals surface area contributed by atoms with E-state index in [1.807, 2.05) is 0 Å². The van der Waals surface area contributed by atoms with E-state index in [4.69, 9.17) is 10.5 Å². The lowest BCUT2D eigenvalue weighted by Gasteiger charge is -1.61. The molecule has 5 heteroatoms. The zero-order valence-electron chi connectivity index (χ0n) is 3.42. The lowest BCUT2D eigenvalue weighted by molar-refractivity contribution is 1.57. The van der Waals surface area contributed by atoms with Crippen molar-refractivity contribution in [2.45, 2.75) is 0 Å². The fraction of sp³-hybridized carbons (Fsp3) is 0. The van der Waals surface area contributed by atoms with Gasteiger partial charge in [-0.2, -0.15) is 10.5 Å². The molecule has 0 heterocycles. The Labute approximate surface area is 49.7 Å². The van der Waals surface area contributed by atoms with Crippen LogP contribution in [0.4, 0.5) is 0 Å². The van der Waals surface area contributed by atoms with E-state index in [-0.39, 0.29) is 6.15 Å². The summed E-state index contributed by atoms with van der Waals surface area (Å²) in [5.41, 5.74) is 0. The third kappa shape index (κ3) is 10.7. The van der Waals surface area contributed by atoms with Crippen LogP contribution in [0, 0.1) is 21.3 Å². The van der Waals surface area contributed by atoms with Gasteiger partial charge in [-0.1, -0.05) is 0 Å². The molecule has 3 N–H and O–H groups in total. The number of nitrogens with zero attached hydrogens (tertiary/aromatic N) is 2. The van der Waals surface area contributed by atoms with Crippen LogP contribution in [0.25, 0.3) is 0 Å². The van der Waals surface area contributed by atoms with E-state index >= 15 is 0 Å². The van der Waals surface area contributed by atoms with Gasteiger partial charge < -0.3 is 6.15 Å². The molecule has 0 aromatic heterocycles. The quantitative estimate of drug-likeness (QED) is 0.333. The SMILES string of the molecule is N.N#CSSC#N. The molecule has 0 aromatic carbocycles. The van der Waals surface area contributed by atoms with Gasteiger partial charge in [0.2, 0.25) is 0 Å². The molecule has 0 saturated heterocycles. The highest BCUT2D eigenvalue weighted by molar-refractivity contribution is 8.80. The summed E-state index contributed by atoms with van der Waals surface area (Å²) < 4.78 is 0. The number of hydrogen-bond donors (Lipinski definition) is 1. The van der Waals surface area contributed by atoms with Crippen molar-refractivity contribution in [3.63, 3.8) is 0 Å². The minimum atomic E-state index is 0. The van der Waals surface area contributed by atoms with E-state index in [1.54, 1.807) is 10.8 Å². The average molecular weight is 133 g/mol. The Morgan fingerprint density at radius 1 is 1.00 bits per heavy atom. The lowest BCUT2D eigenvalue weighted by Crippen LogP contribution is -1.30. The molecule has 3 nitrogen and oxygen atoms in total. The molecule has 0 amide bonds. The highest BCUT2D eigenvalue weighted by Crippen LogP contribution is 2.15. The Bertz CT molecular complexity index is 84.5. The molecule has 38 valence electrons. The van der Waals surface area contributed by atoms with Crippen LogP contribution in [0.1, 0.15) is 0 Å². The van der Waals surface area contributed by atoms with Crippen LogP contribution in [0.3, 0.4) is 0 Å². The van der Waals surface area contributed by atoms with Crippen molar-refractivity contribution in [1.82, 2.24) is 6.15 Å². The normalized spacial score (nSPS) is 4.86. The van der Waals surface area contributed by atoms with Gasteiger partial charge >= 0.3 is 0 Å². The van der Waals surface area contributed by atoms with Gasteiger partial charge in [-0.25, -0.2) is 0 Å². The zero-order chi connectivity index (χ0) is 4.83. The first-order chi connectivity index (χ1) is 2.91. The highest BCUT2D eigenvalue weighted by Gasteiger charge is 1.74. The Morgan fingerprint density at radius 3 is 1.43 bits per heavy atom. The second-order valence-electron chi connectivity index (χ2n) is 0.349. The molecule has 0 rings (SSSR count). The predicted octanol–water partition coefficient (Wildman–Crippen LogP) is 1.49. The number of hydrogen-bond acceptors (Lipinski definition) is 5. The molecule has 0 spiro atoms. The lowest BCUT2D eigenvalue weighted by atomic mass is 11.8. The van der Waals surface area contributed by atoms with Gasteiger partial charge in [-0.05, 0) is 0 Å². The van der Waals surface area contributed by atoms with E-state index in [2.05, 4.69) is 0 Å². The molecule has 0 aliphatic carbocycles. The first kappa shape index (κ1) is 9.81. The van der Waals surface area contributed by atoms with Gasteiger partial charge in [-0.3, -0.25) is 0 Å². The van der Waals surface area contributed by atoms with Crippen molar-refractivity contribution >= 4 is 21.6 Å². The molecule has 0 radical (unpaired) electrons. The van der Waals surface area contributed by atoms with Crippen LogP contribution < -0.4 is 6.15 Å². The zero-order valence-corrected chi connectivity index (χ0v) is 5.05. The van der Waals surface area contributed by atoms with Gasteiger partial charge in [0.05, 0.1) is 0 Å². The van der Waals surface area contributed by atoms with Crippen LogP contribution in [-0.4, -0.2) is 0 Å². The maximum atomic E-state index is 7.74. The van der Waals surface area contributed by atoms with Crippen LogP contribution in [0.5, 0.6) is 0 Å². The minimum Gasteiger partial charge on any atom is -0.344 e. The van der Waals surface area contributed by atoms with Crippen molar-refractivity contribution in [3.8, 4) is 10.8 Å². The fourth-order valence-corrected chi connectivity index (χ4v) is 0.335. The minimum absolute atomic E-state index is 0. The number of rotatable bonds is 1. The smallest absolute Gasteiger partial charge is 0.145 e. The van der Waals surface area contributed by atoms with E-state index in [9.17, 15) is 0 Å². The molecule has 0 aliphatic rings. The van der Waals surface area contributed by atoms with E-state index in [0.29, 0.717) is 0 Å².